The fourth-order valence-corrected chi connectivity index (χ4v) is 3.52. The van der Waals surface area contributed by atoms with Crippen LogP contribution in [0.25, 0.3) is 0 Å². The molecule has 1 fully saturated rings. The number of nitrogens with one attached hydrogen (secondary N) is 2. The Morgan fingerprint density at radius 1 is 1.20 bits per heavy atom. The Balaban J connectivity index is 1.96. The predicted octanol–water partition coefficient (Wildman–Crippen LogP) is 0.798. The van der Waals surface area contributed by atoms with Crippen molar-refractivity contribution in [3.8, 4) is 17.7 Å². The van der Waals surface area contributed by atoms with Crippen LogP contribution >= 0.6 is 11.6 Å². The van der Waals surface area contributed by atoms with E-state index in [1.807, 2.05) is 6.92 Å². The van der Waals surface area contributed by atoms with E-state index in [2.05, 4.69) is 37.4 Å². The third-order valence-corrected chi connectivity index (χ3v) is 5.31. The lowest BCUT2D eigenvalue weighted by atomic mass is 10.1. The second kappa shape index (κ2) is 9.45. The van der Waals surface area contributed by atoms with Gasteiger partial charge in [-0.15, -0.1) is 0 Å². The van der Waals surface area contributed by atoms with Crippen molar-refractivity contribution < 1.29 is 20.1 Å². The molecule has 4 atom stereocenters. The van der Waals surface area contributed by atoms with Crippen molar-refractivity contribution in [3.05, 3.63) is 34.1 Å². The first-order chi connectivity index (χ1) is 14.4. The zero-order valence-corrected chi connectivity index (χ0v) is 17.6. The second-order valence-electron chi connectivity index (χ2n) is 6.96. The first-order valence-corrected chi connectivity index (χ1v) is 9.78. The van der Waals surface area contributed by atoms with E-state index < -0.39 is 24.2 Å². The molecule has 160 valence electrons. The van der Waals surface area contributed by atoms with E-state index in [4.69, 9.17) is 16.3 Å². The highest BCUT2D eigenvalue weighted by Crippen LogP contribution is 2.31. The molecular formula is C20H24ClN5O4. The molecule has 10 heteroatoms. The number of aliphatic hydroxyl groups excluding tert-OH is 3. The van der Waals surface area contributed by atoms with Crippen LogP contribution < -0.4 is 15.4 Å². The van der Waals surface area contributed by atoms with Crippen LogP contribution in [0.3, 0.4) is 0 Å². The molecule has 1 aliphatic carbocycles. The second-order valence-corrected chi connectivity index (χ2v) is 7.32. The lowest BCUT2D eigenvalue weighted by Crippen LogP contribution is -2.35. The summed E-state index contributed by atoms with van der Waals surface area (Å²) in [7, 11) is 3.20. The van der Waals surface area contributed by atoms with Crippen LogP contribution in [0.4, 0.5) is 11.8 Å². The molecule has 0 amide bonds. The number of hydrogen-bond acceptors (Lipinski definition) is 9. The van der Waals surface area contributed by atoms with Gasteiger partial charge in [0.25, 0.3) is 0 Å². The number of nitrogens with zero attached hydrogens (tertiary/aromatic N) is 3. The van der Waals surface area contributed by atoms with Gasteiger partial charge in [-0.05, 0) is 19.4 Å². The van der Waals surface area contributed by atoms with Crippen molar-refractivity contribution >= 4 is 23.4 Å². The SMILES string of the molecule is CNc1nc(Cl)c(C#Cc2ccc(OC)nc2C)c(N[C@@H]2C[C@H](CO)[C@@H](O)[C@H]2O)n1. The number of halogens is 1. The molecule has 0 unspecified atom stereocenters. The number of pyridine rings is 1. The van der Waals surface area contributed by atoms with Gasteiger partial charge in [0.15, 0.2) is 5.15 Å². The Bertz CT molecular complexity index is 978. The van der Waals surface area contributed by atoms with Crippen LogP contribution in [0.15, 0.2) is 12.1 Å². The largest absolute Gasteiger partial charge is 0.481 e. The summed E-state index contributed by atoms with van der Waals surface area (Å²) in [5.41, 5.74) is 1.73. The van der Waals surface area contributed by atoms with Crippen LogP contribution in [0.5, 0.6) is 5.88 Å². The lowest BCUT2D eigenvalue weighted by molar-refractivity contribution is 0.00445. The summed E-state index contributed by atoms with van der Waals surface area (Å²) in [5.74, 6) is 6.66. The Kier molecular flexibility index (Phi) is 6.95. The smallest absolute Gasteiger partial charge is 0.225 e. The number of aromatic nitrogens is 3. The van der Waals surface area contributed by atoms with E-state index in [1.54, 1.807) is 26.3 Å². The highest BCUT2D eigenvalue weighted by Gasteiger charge is 2.41. The highest BCUT2D eigenvalue weighted by molar-refractivity contribution is 6.31. The third-order valence-electron chi connectivity index (χ3n) is 5.04. The summed E-state index contributed by atoms with van der Waals surface area (Å²) >= 11 is 6.35. The summed E-state index contributed by atoms with van der Waals surface area (Å²) in [5, 5.41) is 35.9. The van der Waals surface area contributed by atoms with Gasteiger partial charge in [-0.2, -0.15) is 9.97 Å². The molecule has 0 radical (unpaired) electrons. The topological polar surface area (TPSA) is 133 Å². The monoisotopic (exact) mass is 433 g/mol. The molecule has 0 aliphatic heterocycles. The number of aliphatic hydroxyl groups is 3. The van der Waals surface area contributed by atoms with Gasteiger partial charge in [-0.25, -0.2) is 4.98 Å². The molecule has 0 aromatic carbocycles. The molecular weight excluding hydrogens is 410 g/mol. The minimum absolute atomic E-state index is 0.134. The van der Waals surface area contributed by atoms with Crippen LogP contribution in [0.1, 0.15) is 23.2 Å². The van der Waals surface area contributed by atoms with E-state index >= 15 is 0 Å². The lowest BCUT2D eigenvalue weighted by Gasteiger charge is -2.20. The Labute approximate surface area is 179 Å². The number of rotatable bonds is 5. The number of ether oxygens (including phenoxy) is 1. The average molecular weight is 434 g/mol. The summed E-state index contributed by atoms with van der Waals surface area (Å²) < 4.78 is 5.11. The van der Waals surface area contributed by atoms with E-state index in [1.165, 1.54) is 0 Å². The van der Waals surface area contributed by atoms with Crippen molar-refractivity contribution in [3.63, 3.8) is 0 Å². The van der Waals surface area contributed by atoms with Crippen LogP contribution in [-0.4, -0.2) is 69.3 Å². The minimum atomic E-state index is -1.07. The standard InChI is InChI=1S/C20H24ClN5O4/c1-10-11(5-7-15(23-10)30-3)4-6-13-18(21)25-20(22-2)26-19(13)24-14-8-12(9-27)16(28)17(14)29/h5,7,12,14,16-17,27-29H,8-9H2,1-3H3,(H2,22,24,25,26)/t12-,14-,16-,17+/m1/s1. The molecule has 1 saturated carbocycles. The Morgan fingerprint density at radius 2 is 1.97 bits per heavy atom. The maximum absolute atomic E-state index is 10.3. The summed E-state index contributed by atoms with van der Waals surface area (Å²) in [4.78, 5) is 12.8. The van der Waals surface area contributed by atoms with Gasteiger partial charge in [0.05, 0.1) is 24.9 Å². The highest BCUT2D eigenvalue weighted by atomic mass is 35.5. The average Bonchev–Trinajstić information content (AvgIpc) is 3.01. The van der Waals surface area contributed by atoms with Crippen LogP contribution in [-0.2, 0) is 0 Å². The van der Waals surface area contributed by atoms with Gasteiger partial charge in [0.1, 0.15) is 17.5 Å². The van der Waals surface area contributed by atoms with Crippen molar-refractivity contribution in [1.82, 2.24) is 15.0 Å². The quantitative estimate of drug-likeness (QED) is 0.343. The molecule has 0 bridgehead atoms. The summed E-state index contributed by atoms with van der Waals surface area (Å²) in [6.07, 6.45) is -1.73. The normalized spacial score (nSPS) is 22.9. The van der Waals surface area contributed by atoms with Gasteiger partial charge in [0, 0.05) is 31.2 Å². The minimum Gasteiger partial charge on any atom is -0.481 e. The van der Waals surface area contributed by atoms with Crippen molar-refractivity contribution in [2.75, 3.05) is 31.4 Å². The molecule has 2 aromatic heterocycles. The molecule has 2 heterocycles. The Hall–Kier alpha value is -2.64. The summed E-state index contributed by atoms with van der Waals surface area (Å²) in [6, 6.07) is 2.97. The predicted molar refractivity (Wildman–Crippen MR) is 113 cm³/mol. The molecule has 5 N–H and O–H groups in total. The van der Waals surface area contributed by atoms with Gasteiger partial charge < -0.3 is 30.7 Å². The number of methoxy groups -OCH3 is 1. The number of anilines is 2. The van der Waals surface area contributed by atoms with Crippen molar-refractivity contribution in [1.29, 1.82) is 0 Å². The first-order valence-electron chi connectivity index (χ1n) is 9.40. The first kappa shape index (κ1) is 22.1. The van der Waals surface area contributed by atoms with Gasteiger partial charge in [-0.3, -0.25) is 0 Å². The van der Waals surface area contributed by atoms with Crippen molar-refractivity contribution in [2.45, 2.75) is 31.6 Å². The van der Waals surface area contributed by atoms with Gasteiger partial charge in [0.2, 0.25) is 11.8 Å². The fourth-order valence-electron chi connectivity index (χ4n) is 3.30. The zero-order valence-electron chi connectivity index (χ0n) is 16.8. The van der Waals surface area contributed by atoms with E-state index in [0.717, 1.165) is 0 Å². The van der Waals surface area contributed by atoms with Gasteiger partial charge >= 0.3 is 0 Å². The third kappa shape index (κ3) is 4.57. The van der Waals surface area contributed by atoms with E-state index in [-0.39, 0.29) is 17.7 Å². The maximum atomic E-state index is 10.3. The van der Waals surface area contributed by atoms with E-state index in [0.29, 0.717) is 34.9 Å². The van der Waals surface area contributed by atoms with E-state index in [9.17, 15) is 15.3 Å². The van der Waals surface area contributed by atoms with Gasteiger partial charge in [-0.1, -0.05) is 23.4 Å². The van der Waals surface area contributed by atoms with Crippen LogP contribution in [0.2, 0.25) is 5.15 Å². The molecule has 0 spiro atoms. The molecule has 3 rings (SSSR count). The molecule has 1 aliphatic rings. The number of aryl methyl sites for hydroxylation is 1. The maximum Gasteiger partial charge on any atom is 0.225 e. The molecule has 30 heavy (non-hydrogen) atoms. The molecule has 0 saturated heterocycles. The summed E-state index contributed by atoms with van der Waals surface area (Å²) in [6.45, 7) is 1.60. The van der Waals surface area contributed by atoms with Crippen molar-refractivity contribution in [2.24, 2.45) is 5.92 Å². The molecule has 2 aromatic rings. The Morgan fingerprint density at radius 3 is 2.57 bits per heavy atom. The fraction of sp³-hybridized carbons (Fsp3) is 0.450. The molecule has 9 nitrogen and oxygen atoms in total. The zero-order chi connectivity index (χ0) is 21.8. The number of hydrogen-bond donors (Lipinski definition) is 5. The van der Waals surface area contributed by atoms with Crippen LogP contribution in [0, 0.1) is 24.7 Å².